The fourth-order valence-corrected chi connectivity index (χ4v) is 0.731. The van der Waals surface area contributed by atoms with Crippen LogP contribution in [0.3, 0.4) is 0 Å². The van der Waals surface area contributed by atoms with Gasteiger partial charge in [0.15, 0.2) is 0 Å². The van der Waals surface area contributed by atoms with Gasteiger partial charge in [-0.05, 0) is 0 Å². The first-order valence-corrected chi connectivity index (χ1v) is 4.93. The number of carboxylic acid groups (broad SMARTS) is 1. The minimum Gasteiger partial charge on any atom is -0.480 e. The van der Waals surface area contributed by atoms with Crippen LogP contribution in [0.1, 0.15) is 6.42 Å². The van der Waals surface area contributed by atoms with E-state index in [1.54, 1.807) is 0 Å². The minimum absolute atomic E-state index is 0.551. The molecule has 0 aromatic rings. The first-order chi connectivity index (χ1) is 8.86. The van der Waals surface area contributed by atoms with E-state index in [4.69, 9.17) is 10.8 Å². The molecule has 0 rings (SSSR count). The first-order valence-electron chi connectivity index (χ1n) is 4.93. The lowest BCUT2D eigenvalue weighted by Gasteiger charge is -2.06. The Morgan fingerprint density at radius 2 is 1.74 bits per heavy atom. The number of carboxylic acids is 1. The average molecular weight is 275 g/mol. The van der Waals surface area contributed by atoms with Crippen molar-refractivity contribution in [1.82, 2.24) is 0 Å². The van der Waals surface area contributed by atoms with Gasteiger partial charge >= 0.3 is 23.9 Å². The molecule has 0 aliphatic carbocycles. The molecule has 19 heavy (non-hydrogen) atoms. The van der Waals surface area contributed by atoms with Crippen molar-refractivity contribution in [3.05, 3.63) is 12.2 Å². The molecule has 0 aliphatic heterocycles. The van der Waals surface area contributed by atoms with Crippen LogP contribution in [0.25, 0.3) is 0 Å². The molecule has 9 heteroatoms. The van der Waals surface area contributed by atoms with Crippen LogP contribution < -0.4 is 5.73 Å². The van der Waals surface area contributed by atoms with Crippen LogP contribution in [0.2, 0.25) is 0 Å². The Morgan fingerprint density at radius 3 is 2.26 bits per heavy atom. The van der Waals surface area contributed by atoms with Crippen molar-refractivity contribution in [3.63, 3.8) is 0 Å². The van der Waals surface area contributed by atoms with Crippen molar-refractivity contribution in [2.24, 2.45) is 5.73 Å². The first kappa shape index (κ1) is 16.6. The molecular formula is C10H13NO8. The van der Waals surface area contributed by atoms with Crippen molar-refractivity contribution in [2.45, 2.75) is 12.5 Å². The summed E-state index contributed by atoms with van der Waals surface area (Å²) >= 11 is 0. The Kier molecular flexibility index (Phi) is 7.54. The molecule has 0 saturated carbocycles. The topological polar surface area (TPSA) is 142 Å². The van der Waals surface area contributed by atoms with Crippen LogP contribution in [-0.4, -0.2) is 48.9 Å². The Hall–Kier alpha value is -2.42. The van der Waals surface area contributed by atoms with E-state index >= 15 is 0 Å². The lowest BCUT2D eigenvalue weighted by Crippen LogP contribution is -2.33. The number of rotatable bonds is 7. The Bertz CT molecular complexity index is 389. The monoisotopic (exact) mass is 275 g/mol. The van der Waals surface area contributed by atoms with Gasteiger partial charge in [0.2, 0.25) is 6.79 Å². The number of carbonyl (C=O) groups excluding carboxylic acids is 3. The number of hydrogen-bond acceptors (Lipinski definition) is 8. The van der Waals surface area contributed by atoms with Gasteiger partial charge in [-0.1, -0.05) is 0 Å². The molecule has 0 unspecified atom stereocenters. The summed E-state index contributed by atoms with van der Waals surface area (Å²) in [4.78, 5) is 42.9. The van der Waals surface area contributed by atoms with Crippen molar-refractivity contribution in [3.8, 4) is 0 Å². The van der Waals surface area contributed by atoms with E-state index in [0.717, 1.165) is 19.3 Å². The molecule has 9 nitrogen and oxygen atoms in total. The Balaban J connectivity index is 3.88. The normalized spacial score (nSPS) is 11.7. The Labute approximate surface area is 107 Å². The highest BCUT2D eigenvalue weighted by Gasteiger charge is 2.17. The van der Waals surface area contributed by atoms with Crippen molar-refractivity contribution >= 4 is 23.9 Å². The van der Waals surface area contributed by atoms with Crippen molar-refractivity contribution in [2.75, 3.05) is 13.9 Å². The molecule has 0 saturated heterocycles. The highest BCUT2D eigenvalue weighted by atomic mass is 16.7. The van der Waals surface area contributed by atoms with E-state index in [1.807, 2.05) is 0 Å². The lowest BCUT2D eigenvalue weighted by molar-refractivity contribution is -0.165. The van der Waals surface area contributed by atoms with Gasteiger partial charge in [-0.25, -0.2) is 9.59 Å². The number of carbonyl (C=O) groups is 4. The van der Waals surface area contributed by atoms with Crippen LogP contribution in [0.15, 0.2) is 12.2 Å². The number of aliphatic carboxylic acids is 1. The van der Waals surface area contributed by atoms with Crippen LogP contribution >= 0.6 is 0 Å². The summed E-state index contributed by atoms with van der Waals surface area (Å²) in [5.41, 5.74) is 5.07. The van der Waals surface area contributed by atoms with E-state index in [-0.39, 0.29) is 0 Å². The second-order valence-corrected chi connectivity index (χ2v) is 3.10. The van der Waals surface area contributed by atoms with Crippen molar-refractivity contribution < 1.29 is 38.5 Å². The summed E-state index contributed by atoms with van der Waals surface area (Å²) in [6.07, 6.45) is 1.05. The smallest absolute Gasteiger partial charge is 0.333 e. The molecule has 0 fully saturated rings. The summed E-state index contributed by atoms with van der Waals surface area (Å²) in [5.74, 6) is -3.96. The highest BCUT2D eigenvalue weighted by Crippen LogP contribution is 1.93. The minimum atomic E-state index is -1.39. The van der Waals surface area contributed by atoms with Crippen LogP contribution in [-0.2, 0) is 33.4 Å². The molecule has 0 aliphatic rings. The summed E-state index contributed by atoms with van der Waals surface area (Å²) in [6.45, 7) is -0.713. The zero-order chi connectivity index (χ0) is 14.8. The maximum atomic E-state index is 11.0. The second kappa shape index (κ2) is 8.64. The summed E-state index contributed by atoms with van der Waals surface area (Å²) < 4.78 is 13.0. The zero-order valence-corrected chi connectivity index (χ0v) is 10.0. The third-order valence-corrected chi connectivity index (χ3v) is 1.68. The molecule has 106 valence electrons. The largest absolute Gasteiger partial charge is 0.480 e. The van der Waals surface area contributed by atoms with E-state index in [9.17, 15) is 19.2 Å². The van der Waals surface area contributed by atoms with Gasteiger partial charge in [-0.15, -0.1) is 0 Å². The third-order valence-electron chi connectivity index (χ3n) is 1.68. The quantitative estimate of drug-likeness (QED) is 0.324. The number of nitrogens with two attached hydrogens (primary N) is 1. The van der Waals surface area contributed by atoms with E-state index in [0.29, 0.717) is 0 Å². The maximum absolute atomic E-state index is 11.0. The van der Waals surface area contributed by atoms with Gasteiger partial charge in [0.05, 0.1) is 13.5 Å². The summed E-state index contributed by atoms with van der Waals surface area (Å²) in [6, 6.07) is -1.39. The predicted molar refractivity (Wildman–Crippen MR) is 58.4 cm³/mol. The van der Waals surface area contributed by atoms with Crippen molar-refractivity contribution in [1.29, 1.82) is 0 Å². The van der Waals surface area contributed by atoms with Gasteiger partial charge < -0.3 is 25.1 Å². The highest BCUT2D eigenvalue weighted by molar-refractivity contribution is 5.91. The van der Waals surface area contributed by atoms with Gasteiger partial charge in [-0.2, -0.15) is 0 Å². The molecule has 0 amide bonds. The maximum Gasteiger partial charge on any atom is 0.333 e. The number of esters is 3. The van der Waals surface area contributed by atoms with Crippen LogP contribution in [0.4, 0.5) is 0 Å². The lowest BCUT2D eigenvalue weighted by atomic mass is 10.2. The van der Waals surface area contributed by atoms with E-state index in [1.165, 1.54) is 0 Å². The van der Waals surface area contributed by atoms with Gasteiger partial charge in [-0.3, -0.25) is 9.59 Å². The van der Waals surface area contributed by atoms with E-state index < -0.39 is 43.1 Å². The standard InChI is InChI=1S/C10H13NO8/c1-17-7(12)2-3-8(13)18-5-19-9(14)4-6(11)10(15)16/h2-3,6H,4-5,11H2,1H3,(H,15,16)/b3-2+/t6-/m0/s1. The van der Waals surface area contributed by atoms with Gasteiger partial charge in [0.1, 0.15) is 6.04 Å². The molecule has 3 N–H and O–H groups in total. The number of methoxy groups -OCH3 is 1. The molecule has 1 atom stereocenters. The third kappa shape index (κ3) is 8.32. The van der Waals surface area contributed by atoms with E-state index in [2.05, 4.69) is 14.2 Å². The summed E-state index contributed by atoms with van der Waals surface area (Å²) in [7, 11) is 1.13. The number of ether oxygens (including phenoxy) is 3. The molecule has 0 aromatic heterocycles. The fraction of sp³-hybridized carbons (Fsp3) is 0.400. The SMILES string of the molecule is COC(=O)/C=C/C(=O)OCOC(=O)C[C@H](N)C(=O)O. The van der Waals surface area contributed by atoms with Crippen LogP contribution in [0, 0.1) is 0 Å². The zero-order valence-electron chi connectivity index (χ0n) is 10.0. The molecule has 0 radical (unpaired) electrons. The van der Waals surface area contributed by atoms with Gasteiger partial charge in [0.25, 0.3) is 0 Å². The molecule has 0 aromatic carbocycles. The second-order valence-electron chi connectivity index (χ2n) is 3.10. The predicted octanol–water partition coefficient (Wildman–Crippen LogP) is -1.44. The van der Waals surface area contributed by atoms with Gasteiger partial charge in [0, 0.05) is 12.2 Å². The molecule has 0 bridgehead atoms. The fourth-order valence-electron chi connectivity index (χ4n) is 0.731. The van der Waals surface area contributed by atoms with Crippen LogP contribution in [0.5, 0.6) is 0 Å². The average Bonchev–Trinajstić information content (AvgIpc) is 2.35. The molecule has 0 spiro atoms. The number of hydrogen-bond donors (Lipinski definition) is 2. The summed E-state index contributed by atoms with van der Waals surface area (Å²) in [5, 5.41) is 8.42. The molecule has 0 heterocycles. The Morgan fingerprint density at radius 1 is 1.16 bits per heavy atom. The molecular weight excluding hydrogens is 262 g/mol.